The lowest BCUT2D eigenvalue weighted by Crippen LogP contribution is -2.15. The molecular formula is C23H23N3O4S2. The lowest BCUT2D eigenvalue weighted by Gasteiger charge is -2.10. The van der Waals surface area contributed by atoms with Crippen molar-refractivity contribution in [3.63, 3.8) is 0 Å². The molecule has 0 spiro atoms. The van der Waals surface area contributed by atoms with E-state index in [1.54, 1.807) is 23.8 Å². The zero-order valence-corrected chi connectivity index (χ0v) is 19.5. The molecule has 4 rings (SSSR count). The van der Waals surface area contributed by atoms with Crippen molar-refractivity contribution in [1.82, 2.24) is 4.98 Å². The molecule has 2 aromatic carbocycles. The number of aryl methyl sites for hydroxylation is 1. The Kier molecular flexibility index (Phi) is 6.03. The molecule has 2 N–H and O–H groups in total. The highest BCUT2D eigenvalue weighted by Crippen LogP contribution is 2.29. The number of furan rings is 1. The summed E-state index contributed by atoms with van der Waals surface area (Å²) in [6, 6.07) is 10.1. The summed E-state index contributed by atoms with van der Waals surface area (Å²) < 4.78 is 32.9. The van der Waals surface area contributed by atoms with Crippen LogP contribution in [-0.4, -0.2) is 19.3 Å². The molecule has 2 aromatic heterocycles. The Hall–Kier alpha value is -3.17. The van der Waals surface area contributed by atoms with Crippen molar-refractivity contribution in [2.24, 2.45) is 0 Å². The van der Waals surface area contributed by atoms with Crippen LogP contribution in [0, 0.1) is 6.92 Å². The summed E-state index contributed by atoms with van der Waals surface area (Å²) in [6.07, 6.45) is 3.29. The van der Waals surface area contributed by atoms with Gasteiger partial charge in [0.1, 0.15) is 5.58 Å². The largest absolute Gasteiger partial charge is 0.464 e. The Balaban J connectivity index is 1.46. The average molecular weight is 470 g/mol. The fourth-order valence-electron chi connectivity index (χ4n) is 3.55. The third kappa shape index (κ3) is 4.68. The summed E-state index contributed by atoms with van der Waals surface area (Å²) in [4.78, 5) is 16.6. The molecule has 7 nitrogen and oxygen atoms in total. The smallest absolute Gasteiger partial charge is 0.263 e. The normalized spacial score (nSPS) is 11.8. The maximum absolute atomic E-state index is 12.6. The monoisotopic (exact) mass is 469 g/mol. The topological polar surface area (TPSA) is 101 Å². The second-order valence-corrected chi connectivity index (χ2v) is 10.4. The predicted octanol–water partition coefficient (Wildman–Crippen LogP) is 5.30. The second kappa shape index (κ2) is 8.76. The van der Waals surface area contributed by atoms with Gasteiger partial charge in [-0.05, 0) is 60.4 Å². The summed E-state index contributed by atoms with van der Waals surface area (Å²) in [5.74, 6) is 0.159. The van der Waals surface area contributed by atoms with Gasteiger partial charge in [0, 0.05) is 28.2 Å². The summed E-state index contributed by atoms with van der Waals surface area (Å²) in [5.41, 5.74) is 4.47. The van der Waals surface area contributed by atoms with Gasteiger partial charge in [0.05, 0.1) is 17.6 Å². The number of nitrogens with one attached hydrogen (secondary N) is 2. The number of benzene rings is 2. The number of rotatable bonds is 7. The van der Waals surface area contributed by atoms with E-state index in [2.05, 4.69) is 41.9 Å². The van der Waals surface area contributed by atoms with Crippen LogP contribution >= 0.6 is 11.3 Å². The first-order valence-corrected chi connectivity index (χ1v) is 12.4. The fourth-order valence-corrected chi connectivity index (χ4v) is 5.34. The molecule has 0 saturated carbocycles. The molecule has 9 heteroatoms. The van der Waals surface area contributed by atoms with Gasteiger partial charge in [-0.3, -0.25) is 9.52 Å². The highest BCUT2D eigenvalue weighted by atomic mass is 32.2. The molecule has 166 valence electrons. The molecule has 2 heterocycles. The first kappa shape index (κ1) is 22.0. The summed E-state index contributed by atoms with van der Waals surface area (Å²) in [7, 11) is -3.74. The van der Waals surface area contributed by atoms with Crippen LogP contribution in [0.2, 0.25) is 0 Å². The van der Waals surface area contributed by atoms with E-state index >= 15 is 0 Å². The molecule has 0 saturated heterocycles. The quantitative estimate of drug-likeness (QED) is 0.382. The van der Waals surface area contributed by atoms with E-state index in [1.807, 2.05) is 6.07 Å². The number of nitrogens with zero attached hydrogens (tertiary/aromatic N) is 1. The van der Waals surface area contributed by atoms with Crippen molar-refractivity contribution in [2.75, 3.05) is 10.0 Å². The summed E-state index contributed by atoms with van der Waals surface area (Å²) in [6.45, 7) is 6.33. The average Bonchev–Trinajstić information content (AvgIpc) is 3.37. The van der Waals surface area contributed by atoms with Gasteiger partial charge in [0.25, 0.3) is 10.0 Å². The van der Waals surface area contributed by atoms with Crippen LogP contribution in [0.15, 0.2) is 63.6 Å². The number of hydrogen-bond donors (Lipinski definition) is 2. The second-order valence-electron chi connectivity index (χ2n) is 7.81. The summed E-state index contributed by atoms with van der Waals surface area (Å²) in [5, 5.41) is 5.73. The number of carbonyl (C=O) groups is 1. The first-order valence-electron chi connectivity index (χ1n) is 10.1. The molecule has 0 radical (unpaired) electrons. The van der Waals surface area contributed by atoms with Crippen LogP contribution in [0.25, 0.3) is 11.0 Å². The van der Waals surface area contributed by atoms with E-state index in [0.717, 1.165) is 22.1 Å². The molecule has 0 fully saturated rings. The van der Waals surface area contributed by atoms with E-state index in [0.29, 0.717) is 16.7 Å². The molecule has 0 aliphatic carbocycles. The number of amides is 1. The van der Waals surface area contributed by atoms with E-state index < -0.39 is 10.0 Å². The van der Waals surface area contributed by atoms with Crippen molar-refractivity contribution in [1.29, 1.82) is 0 Å². The third-order valence-corrected chi connectivity index (χ3v) is 7.29. The molecule has 0 aliphatic heterocycles. The van der Waals surface area contributed by atoms with Gasteiger partial charge in [0.2, 0.25) is 5.91 Å². The number of fused-ring (bicyclic) bond motifs is 1. The van der Waals surface area contributed by atoms with Gasteiger partial charge in [-0.2, -0.15) is 0 Å². The molecule has 32 heavy (non-hydrogen) atoms. The minimum Gasteiger partial charge on any atom is -0.464 e. The van der Waals surface area contributed by atoms with Crippen molar-refractivity contribution < 1.29 is 17.6 Å². The Labute approximate surface area is 190 Å². The number of aromatic nitrogens is 1. The highest BCUT2D eigenvalue weighted by Gasteiger charge is 2.17. The van der Waals surface area contributed by atoms with Crippen LogP contribution in [0.1, 0.15) is 36.5 Å². The molecule has 0 atom stereocenters. The lowest BCUT2D eigenvalue weighted by atomic mass is 9.95. The zero-order valence-electron chi connectivity index (χ0n) is 17.9. The molecule has 0 unspecified atom stereocenters. The Morgan fingerprint density at radius 3 is 2.59 bits per heavy atom. The Bertz CT molecular complexity index is 1360. The number of thiazole rings is 1. The Morgan fingerprint density at radius 1 is 1.19 bits per heavy atom. The van der Waals surface area contributed by atoms with Crippen molar-refractivity contribution in [2.45, 2.75) is 38.0 Å². The fraction of sp³-hybridized carbons (Fsp3) is 0.217. The number of sulfonamides is 1. The maximum atomic E-state index is 12.6. The van der Waals surface area contributed by atoms with E-state index in [9.17, 15) is 13.2 Å². The van der Waals surface area contributed by atoms with Crippen LogP contribution in [-0.2, 0) is 21.2 Å². The lowest BCUT2D eigenvalue weighted by molar-refractivity contribution is -0.115. The molecular weight excluding hydrogens is 446 g/mol. The van der Waals surface area contributed by atoms with E-state index in [1.165, 1.54) is 35.2 Å². The summed E-state index contributed by atoms with van der Waals surface area (Å²) >= 11 is 1.20. The first-order chi connectivity index (χ1) is 15.2. The number of hydrogen-bond acceptors (Lipinski definition) is 6. The van der Waals surface area contributed by atoms with Gasteiger partial charge in [-0.15, -0.1) is 11.3 Å². The predicted molar refractivity (Wildman–Crippen MR) is 127 cm³/mol. The van der Waals surface area contributed by atoms with Gasteiger partial charge < -0.3 is 9.73 Å². The molecule has 0 bridgehead atoms. The number of carbonyl (C=O) groups excluding carboxylic acids is 1. The Morgan fingerprint density at radius 2 is 1.94 bits per heavy atom. The van der Waals surface area contributed by atoms with E-state index in [4.69, 9.17) is 4.42 Å². The molecule has 4 aromatic rings. The van der Waals surface area contributed by atoms with Crippen LogP contribution in [0.4, 0.5) is 10.8 Å². The minimum atomic E-state index is -3.74. The highest BCUT2D eigenvalue weighted by molar-refractivity contribution is 7.93. The molecule has 0 aliphatic rings. The van der Waals surface area contributed by atoms with Crippen molar-refractivity contribution in [3.8, 4) is 0 Å². The zero-order chi connectivity index (χ0) is 22.9. The van der Waals surface area contributed by atoms with Crippen LogP contribution in [0.5, 0.6) is 0 Å². The van der Waals surface area contributed by atoms with Crippen molar-refractivity contribution >= 4 is 49.1 Å². The molecule has 1 amide bonds. The maximum Gasteiger partial charge on any atom is 0.263 e. The third-order valence-electron chi connectivity index (χ3n) is 5.12. The van der Waals surface area contributed by atoms with E-state index in [-0.39, 0.29) is 17.2 Å². The number of anilines is 2. The van der Waals surface area contributed by atoms with Crippen molar-refractivity contribution in [3.05, 3.63) is 70.9 Å². The van der Waals surface area contributed by atoms with Gasteiger partial charge in [-0.25, -0.2) is 13.4 Å². The van der Waals surface area contributed by atoms with Crippen LogP contribution in [0.3, 0.4) is 0 Å². The van der Waals surface area contributed by atoms with Crippen LogP contribution < -0.4 is 10.0 Å². The standard InChI is InChI=1S/C23H23N3O4S2/c1-14(2)19-12-20-16(13-30-21(20)10-15(19)3)11-22(27)25-17-4-6-18(7-5-17)32(28,29)26-23-24-8-9-31-23/h4-10,12-14H,11H2,1-3H3,(H,24,26)(H,25,27). The van der Waals surface area contributed by atoms with Gasteiger partial charge in [-0.1, -0.05) is 13.8 Å². The SMILES string of the molecule is Cc1cc2occ(CC(=O)Nc3ccc(S(=O)(=O)Nc4nccs4)cc3)c2cc1C(C)C. The van der Waals surface area contributed by atoms with Gasteiger partial charge in [0.15, 0.2) is 5.13 Å². The minimum absolute atomic E-state index is 0.0862. The van der Waals surface area contributed by atoms with Gasteiger partial charge >= 0.3 is 0 Å².